The van der Waals surface area contributed by atoms with Gasteiger partial charge in [0, 0.05) is 55.3 Å². The fraction of sp³-hybridized carbons (Fsp3) is 0.500. The number of hydrogen-bond acceptors (Lipinski definition) is 12. The number of nitrogens with one attached hydrogen (secondary N) is 1. The van der Waals surface area contributed by atoms with Crippen molar-refractivity contribution in [3.63, 3.8) is 0 Å². The number of halogens is 3. The van der Waals surface area contributed by atoms with Crippen molar-refractivity contribution >= 4 is 65.0 Å². The first-order chi connectivity index (χ1) is 20.2. The van der Waals surface area contributed by atoms with Crippen LogP contribution in [-0.2, 0) is 4.79 Å². The van der Waals surface area contributed by atoms with E-state index in [4.69, 9.17) is 17.3 Å². The molecule has 0 amide bonds. The molecule has 0 aromatic carbocycles. The summed E-state index contributed by atoms with van der Waals surface area (Å²) in [4.78, 5) is 39.3. The third-order valence-corrected chi connectivity index (χ3v) is 10.2. The third-order valence-electron chi connectivity index (χ3n) is 8.73. The zero-order valence-corrected chi connectivity index (χ0v) is 26.0. The van der Waals surface area contributed by atoms with Crippen LogP contribution in [0, 0.1) is 11.3 Å². The molecular weight excluding hydrogens is 616 g/mol. The predicted octanol–water partition coefficient (Wildman–Crippen LogP) is 4.06. The Morgan fingerprint density at radius 2 is 1.88 bits per heavy atom. The van der Waals surface area contributed by atoms with Gasteiger partial charge in [0.1, 0.15) is 28.6 Å². The molecule has 4 atom stereocenters. The molecule has 1 spiro atoms. The molecule has 15 heteroatoms. The molecule has 2 saturated heterocycles. The lowest BCUT2D eigenvalue weighted by Crippen LogP contribution is -2.48. The van der Waals surface area contributed by atoms with E-state index in [0.29, 0.717) is 47.0 Å². The van der Waals surface area contributed by atoms with Gasteiger partial charge in [-0.1, -0.05) is 30.3 Å². The van der Waals surface area contributed by atoms with Crippen LogP contribution in [0.1, 0.15) is 32.6 Å². The maximum absolute atomic E-state index is 14.0. The highest BCUT2D eigenvalue weighted by atomic mass is 35.5. The molecule has 230 valence electrons. The molecule has 2 aliphatic heterocycles. The predicted molar refractivity (Wildman–Crippen MR) is 166 cm³/mol. The zero-order chi connectivity index (χ0) is 29.4. The number of pyridine rings is 1. The maximum Gasteiger partial charge on any atom is 0.227 e. The summed E-state index contributed by atoms with van der Waals surface area (Å²) in [5.41, 5.74) is 6.35. The third kappa shape index (κ3) is 6.51. The van der Waals surface area contributed by atoms with Crippen molar-refractivity contribution in [1.82, 2.24) is 24.9 Å². The van der Waals surface area contributed by atoms with E-state index < -0.39 is 12.3 Å². The van der Waals surface area contributed by atoms with Gasteiger partial charge in [0.05, 0.1) is 30.1 Å². The number of nitrogens with zero attached hydrogens (tertiary/aromatic N) is 7. The number of rotatable bonds is 6. The number of ketones is 1. The number of alkyl halides is 1. The normalized spacial score (nSPS) is 25.1. The molecule has 3 aromatic heterocycles. The van der Waals surface area contributed by atoms with Crippen molar-refractivity contribution in [2.24, 2.45) is 17.1 Å². The summed E-state index contributed by atoms with van der Waals surface area (Å²) in [5, 5.41) is 13.9. The zero-order valence-electron chi connectivity index (χ0n) is 23.6. The summed E-state index contributed by atoms with van der Waals surface area (Å²) in [6, 6.07) is 3.40. The molecule has 6 rings (SSSR count). The molecule has 3 fully saturated rings. The van der Waals surface area contributed by atoms with Crippen LogP contribution < -0.4 is 20.9 Å². The van der Waals surface area contributed by atoms with Gasteiger partial charge in [0.15, 0.2) is 5.82 Å². The number of aliphatic hydroxyl groups is 1. The smallest absolute Gasteiger partial charge is 0.227 e. The molecule has 0 radical (unpaired) electrons. The second-order valence-electron chi connectivity index (χ2n) is 11.3. The molecule has 43 heavy (non-hydrogen) atoms. The van der Waals surface area contributed by atoms with Gasteiger partial charge < -0.3 is 26.0 Å². The second kappa shape index (κ2) is 13.0. The van der Waals surface area contributed by atoms with Crippen molar-refractivity contribution < 1.29 is 14.3 Å². The van der Waals surface area contributed by atoms with Gasteiger partial charge in [-0.3, -0.25) is 4.79 Å². The average Bonchev–Trinajstić information content (AvgIpc) is 3.20. The largest absolute Gasteiger partial charge is 0.390 e. The van der Waals surface area contributed by atoms with Crippen molar-refractivity contribution in [2.75, 3.05) is 41.3 Å². The summed E-state index contributed by atoms with van der Waals surface area (Å²) in [6.45, 7) is 4.02. The molecule has 11 nitrogen and oxygen atoms in total. The number of hydrogen-bond donors (Lipinski definition) is 3. The molecule has 3 aromatic rings. The number of carbonyl (C=O) groups is 1. The van der Waals surface area contributed by atoms with Gasteiger partial charge in [0.2, 0.25) is 5.95 Å². The number of aliphatic hydroxyl groups excluding tert-OH is 1. The Bertz CT molecular complexity index is 1450. The van der Waals surface area contributed by atoms with E-state index in [2.05, 4.69) is 35.1 Å². The van der Waals surface area contributed by atoms with Gasteiger partial charge in [-0.15, -0.1) is 12.4 Å². The average molecular weight is 651 g/mol. The Morgan fingerprint density at radius 1 is 1.12 bits per heavy atom. The molecule has 0 unspecified atom stereocenters. The second-order valence-corrected chi connectivity index (χ2v) is 12.7. The van der Waals surface area contributed by atoms with Crippen LogP contribution in [0.25, 0.3) is 0 Å². The highest BCUT2D eigenvalue weighted by Gasteiger charge is 2.50. The van der Waals surface area contributed by atoms with Crippen LogP contribution in [0.5, 0.6) is 0 Å². The van der Waals surface area contributed by atoms with E-state index in [1.807, 2.05) is 6.92 Å². The number of piperidine rings is 2. The van der Waals surface area contributed by atoms with Gasteiger partial charge in [-0.25, -0.2) is 24.3 Å². The Morgan fingerprint density at radius 3 is 2.56 bits per heavy atom. The number of Topliss-reactive ketones (excluding diaryl/α,β-unsaturated/α-hetero) is 1. The monoisotopic (exact) mass is 649 g/mol. The fourth-order valence-corrected chi connectivity index (χ4v) is 7.07. The van der Waals surface area contributed by atoms with Crippen molar-refractivity contribution in [1.29, 1.82) is 0 Å². The summed E-state index contributed by atoms with van der Waals surface area (Å²) < 4.78 is 14.0. The van der Waals surface area contributed by atoms with Crippen LogP contribution in [0.3, 0.4) is 0 Å². The lowest BCUT2D eigenvalue weighted by atomic mass is 9.73. The van der Waals surface area contributed by atoms with Crippen molar-refractivity contribution in [2.45, 2.75) is 60.8 Å². The summed E-state index contributed by atoms with van der Waals surface area (Å²) in [6.07, 6.45) is 7.04. The maximum atomic E-state index is 14.0. The van der Waals surface area contributed by atoms with E-state index in [-0.39, 0.29) is 42.1 Å². The first-order valence-electron chi connectivity index (χ1n) is 14.1. The van der Waals surface area contributed by atoms with Crippen molar-refractivity contribution in [3.8, 4) is 0 Å². The highest BCUT2D eigenvalue weighted by Crippen LogP contribution is 2.46. The number of nitrogens with two attached hydrogens (primary N) is 1. The SMILES string of the molecule is C[C@@H]1C(=O)CC2(CCN(c3cnc(Sc4ccnc(Nc5ccnc(N6CC[C@@H](O)[C@@H](F)C6)n5)c4Cl)cn3)CC2)[C@H]1N.Cl. The Balaban J connectivity index is 0.00000368. The Kier molecular flexibility index (Phi) is 9.57. The van der Waals surface area contributed by atoms with E-state index >= 15 is 0 Å². The molecule has 5 heterocycles. The minimum atomic E-state index is -1.35. The standard InChI is InChI=1S/C28H33ClFN9O2S.ClH/c1-16-19(41)12-28(25(16)31)5-10-38(11-6-28)22-13-35-23(14-34-22)42-20-2-7-32-26(24(20)29)36-21-3-8-33-27(37-21)39-9-4-18(40)17(30)15-39;/h2-3,7-8,13-14,16-18,25,40H,4-6,9-12,15,31H2,1H3,(H,32,33,36,37);1H/t16-,17+,18-,25+;/m1./s1. The molecular formula is C28H34Cl2FN9O2S. The quantitative estimate of drug-likeness (QED) is 0.354. The van der Waals surface area contributed by atoms with Crippen LogP contribution in [0.15, 0.2) is 46.8 Å². The topological polar surface area (TPSA) is 146 Å². The molecule has 0 bridgehead atoms. The van der Waals surface area contributed by atoms with E-state index in [0.717, 1.165) is 36.6 Å². The van der Waals surface area contributed by atoms with Crippen LogP contribution >= 0.6 is 35.8 Å². The van der Waals surface area contributed by atoms with Gasteiger partial charge in [-0.2, -0.15) is 4.98 Å². The Hall–Kier alpha value is -2.84. The first kappa shape index (κ1) is 31.6. The minimum absolute atomic E-state index is 0. The van der Waals surface area contributed by atoms with Gasteiger partial charge in [-0.05, 0) is 36.8 Å². The van der Waals surface area contributed by atoms with E-state index in [1.54, 1.807) is 41.8 Å². The first-order valence-corrected chi connectivity index (χ1v) is 15.3. The van der Waals surface area contributed by atoms with Gasteiger partial charge in [0.25, 0.3) is 0 Å². The number of carbonyl (C=O) groups excluding carboxylic acids is 1. The van der Waals surface area contributed by atoms with E-state index in [1.165, 1.54) is 11.8 Å². The highest BCUT2D eigenvalue weighted by molar-refractivity contribution is 7.99. The van der Waals surface area contributed by atoms with Crippen LogP contribution in [0.4, 0.5) is 27.8 Å². The molecule has 1 aliphatic carbocycles. The molecule has 1 saturated carbocycles. The van der Waals surface area contributed by atoms with E-state index in [9.17, 15) is 14.3 Å². The number of aromatic nitrogens is 5. The summed E-state index contributed by atoms with van der Waals surface area (Å²) >= 11 is 8.08. The molecule has 3 aliphatic rings. The van der Waals surface area contributed by atoms with Crippen LogP contribution in [-0.4, -0.2) is 80.3 Å². The Labute approximate surface area is 264 Å². The number of anilines is 4. The fourth-order valence-electron chi connectivity index (χ4n) is 6.04. The van der Waals surface area contributed by atoms with Gasteiger partial charge >= 0.3 is 0 Å². The van der Waals surface area contributed by atoms with Crippen LogP contribution in [0.2, 0.25) is 5.02 Å². The molecule has 4 N–H and O–H groups in total. The lowest BCUT2D eigenvalue weighted by molar-refractivity contribution is -0.120. The summed E-state index contributed by atoms with van der Waals surface area (Å²) in [7, 11) is 0. The minimum Gasteiger partial charge on any atom is -0.390 e. The lowest BCUT2D eigenvalue weighted by Gasteiger charge is -2.42. The summed E-state index contributed by atoms with van der Waals surface area (Å²) in [5.74, 6) is 2.25. The van der Waals surface area contributed by atoms with Crippen molar-refractivity contribution in [3.05, 3.63) is 41.9 Å².